The second kappa shape index (κ2) is 9.13. The maximum absolute atomic E-state index is 15.1. The highest BCUT2D eigenvalue weighted by Gasteiger charge is 2.61. The van der Waals surface area contributed by atoms with Crippen molar-refractivity contribution in [2.45, 2.75) is 37.5 Å². The van der Waals surface area contributed by atoms with Gasteiger partial charge in [0.05, 0.1) is 5.69 Å². The van der Waals surface area contributed by atoms with Crippen molar-refractivity contribution in [3.05, 3.63) is 133 Å². The van der Waals surface area contributed by atoms with Gasteiger partial charge >= 0.3 is 0 Å². The van der Waals surface area contributed by atoms with Crippen molar-refractivity contribution in [3.63, 3.8) is 0 Å². The third-order valence-electron chi connectivity index (χ3n) is 11.2. The Hall–Kier alpha value is -3.74. The smallest absolute Gasteiger partial charge is 0.171 e. The molecule has 0 unspecified atom stereocenters. The van der Waals surface area contributed by atoms with Crippen LogP contribution in [0.1, 0.15) is 43.2 Å². The minimum atomic E-state index is -3.05. The van der Waals surface area contributed by atoms with Gasteiger partial charge in [0, 0.05) is 33.1 Å². The molecule has 0 amide bonds. The summed E-state index contributed by atoms with van der Waals surface area (Å²) in [6.07, 6.45) is 8.93. The van der Waals surface area contributed by atoms with E-state index in [0.29, 0.717) is 0 Å². The van der Waals surface area contributed by atoms with Crippen LogP contribution in [0.15, 0.2) is 121 Å². The fourth-order valence-corrected chi connectivity index (χ4v) is 12.5. The zero-order valence-electron chi connectivity index (χ0n) is 23.7. The molecular weight excluding hydrogens is 529 g/mol. The number of hydrogen-bond acceptors (Lipinski definition) is 2. The van der Waals surface area contributed by atoms with E-state index < -0.39 is 7.14 Å². The highest BCUT2D eigenvalue weighted by Crippen LogP contribution is 2.69. The predicted octanol–water partition coefficient (Wildman–Crippen LogP) is 8.11. The Kier molecular flexibility index (Phi) is 5.39. The van der Waals surface area contributed by atoms with Gasteiger partial charge in [-0.25, -0.2) is 0 Å². The van der Waals surface area contributed by atoms with Crippen LogP contribution < -0.4 is 15.9 Å². The number of hydrogen-bond donors (Lipinski definition) is 0. The average molecular weight is 564 g/mol. The van der Waals surface area contributed by atoms with Gasteiger partial charge in [-0.05, 0) is 96.2 Å². The van der Waals surface area contributed by atoms with Crippen LogP contribution in [0.5, 0.6) is 0 Å². The zero-order valence-corrected chi connectivity index (χ0v) is 24.6. The van der Waals surface area contributed by atoms with E-state index in [-0.39, 0.29) is 5.41 Å². The Morgan fingerprint density at radius 2 is 1.19 bits per heavy atom. The summed E-state index contributed by atoms with van der Waals surface area (Å²) in [7, 11) is -3.05. The molecule has 0 atom stereocenters. The normalized spacial score (nSPS) is 26.8. The average Bonchev–Trinajstić information content (AvgIpc) is 3.34. The van der Waals surface area contributed by atoms with Gasteiger partial charge in [0.15, 0.2) is 7.14 Å². The van der Waals surface area contributed by atoms with E-state index >= 15 is 4.57 Å². The van der Waals surface area contributed by atoms with E-state index in [1.54, 1.807) is 0 Å². The molecule has 1 aromatic heterocycles. The van der Waals surface area contributed by atoms with Gasteiger partial charge in [0.25, 0.3) is 0 Å². The molecule has 1 spiro atoms. The minimum absolute atomic E-state index is 0.128. The molecule has 0 radical (unpaired) electrons. The topological polar surface area (TPSA) is 30.0 Å². The highest BCUT2D eigenvalue weighted by atomic mass is 31.2. The highest BCUT2D eigenvalue weighted by molar-refractivity contribution is 7.85. The quantitative estimate of drug-likeness (QED) is 0.207. The maximum Gasteiger partial charge on any atom is 0.171 e. The van der Waals surface area contributed by atoms with Crippen LogP contribution in [0.4, 0.5) is 0 Å². The maximum atomic E-state index is 15.1. The summed E-state index contributed by atoms with van der Waals surface area (Å²) in [5, 5.41) is 2.60. The van der Waals surface area contributed by atoms with E-state index in [0.717, 1.165) is 45.1 Å². The molecule has 4 aromatic carbocycles. The van der Waals surface area contributed by atoms with Crippen molar-refractivity contribution >= 4 is 23.1 Å². The van der Waals surface area contributed by atoms with Gasteiger partial charge < -0.3 is 4.57 Å². The molecule has 4 fully saturated rings. The number of nitrogens with zero attached hydrogens (tertiary/aromatic N) is 1. The van der Waals surface area contributed by atoms with Crippen LogP contribution in [0, 0.1) is 23.7 Å². The molecule has 206 valence electrons. The first-order valence-corrected chi connectivity index (χ1v) is 17.3. The molecule has 0 saturated heterocycles. The SMILES string of the molecule is O=P(c1ccccc1)(c1ccccc1)c1cccc(-c2ccc3c(c2)-c2ncccc2C32C3CC4CC(C3)CC2C4)c1. The first-order chi connectivity index (χ1) is 20.7. The number of pyridine rings is 1. The van der Waals surface area contributed by atoms with Gasteiger partial charge in [-0.3, -0.25) is 4.98 Å². The van der Waals surface area contributed by atoms with Crippen LogP contribution in [0.25, 0.3) is 22.4 Å². The molecule has 1 heterocycles. The van der Waals surface area contributed by atoms with Gasteiger partial charge in [0.1, 0.15) is 0 Å². The molecule has 4 bridgehead atoms. The van der Waals surface area contributed by atoms with Gasteiger partial charge in [-0.1, -0.05) is 97.1 Å². The Morgan fingerprint density at radius 3 is 1.86 bits per heavy atom. The number of benzene rings is 4. The van der Waals surface area contributed by atoms with E-state index in [9.17, 15) is 0 Å². The Labute approximate surface area is 248 Å². The van der Waals surface area contributed by atoms with Crippen LogP contribution in [-0.2, 0) is 9.98 Å². The third kappa shape index (κ3) is 3.34. The first kappa shape index (κ1) is 24.8. The molecule has 5 aliphatic rings. The predicted molar refractivity (Wildman–Crippen MR) is 172 cm³/mol. The first-order valence-electron chi connectivity index (χ1n) is 15.6. The number of rotatable bonds is 4. The van der Waals surface area contributed by atoms with Crippen molar-refractivity contribution in [2.24, 2.45) is 23.7 Å². The fourth-order valence-electron chi connectivity index (χ4n) is 9.79. The second-order valence-electron chi connectivity index (χ2n) is 13.2. The molecule has 2 nitrogen and oxygen atoms in total. The lowest BCUT2D eigenvalue weighted by Gasteiger charge is -2.61. The molecule has 4 saturated carbocycles. The van der Waals surface area contributed by atoms with Crippen molar-refractivity contribution in [2.75, 3.05) is 0 Å². The molecule has 5 aliphatic carbocycles. The minimum Gasteiger partial charge on any atom is -0.309 e. The Morgan fingerprint density at radius 1 is 0.571 bits per heavy atom. The number of aromatic nitrogens is 1. The molecule has 0 N–H and O–H groups in total. The standard InChI is InChI=1S/C39H34NOP/c41-42(32-10-3-1-4-11-32,33-12-5-2-6-13-33)34-14-7-9-28(24-34)29-16-17-36-35(25-29)38-37(15-8-18-40-38)39(36)30-20-26-19-27(22-30)23-31(39)21-26/h1-18,24-27,30-31H,19-23H2. The monoisotopic (exact) mass is 563 g/mol. The van der Waals surface area contributed by atoms with Crippen LogP contribution in [0.3, 0.4) is 0 Å². The molecule has 42 heavy (non-hydrogen) atoms. The second-order valence-corrected chi connectivity index (χ2v) is 15.9. The number of fused-ring (bicyclic) bond motifs is 3. The fraction of sp³-hybridized carbons (Fsp3) is 0.256. The lowest BCUT2D eigenvalue weighted by atomic mass is 9.43. The van der Waals surface area contributed by atoms with Crippen molar-refractivity contribution in [1.82, 2.24) is 4.98 Å². The largest absolute Gasteiger partial charge is 0.309 e. The van der Waals surface area contributed by atoms with E-state index in [2.05, 4.69) is 48.5 Å². The van der Waals surface area contributed by atoms with Crippen LogP contribution in [-0.4, -0.2) is 4.98 Å². The van der Waals surface area contributed by atoms with Crippen molar-refractivity contribution in [3.8, 4) is 22.4 Å². The van der Waals surface area contributed by atoms with E-state index in [4.69, 9.17) is 4.98 Å². The molecular formula is C39H34NOP. The summed E-state index contributed by atoms with van der Waals surface area (Å²) in [5.74, 6) is 3.31. The van der Waals surface area contributed by atoms with E-state index in [1.165, 1.54) is 60.1 Å². The lowest BCUT2D eigenvalue weighted by Crippen LogP contribution is -2.55. The summed E-state index contributed by atoms with van der Waals surface area (Å²) in [6.45, 7) is 0. The van der Waals surface area contributed by atoms with Gasteiger partial charge in [-0.2, -0.15) is 0 Å². The zero-order chi connectivity index (χ0) is 27.9. The van der Waals surface area contributed by atoms with Crippen molar-refractivity contribution in [1.29, 1.82) is 0 Å². The van der Waals surface area contributed by atoms with E-state index in [1.807, 2.05) is 72.9 Å². The lowest BCUT2D eigenvalue weighted by molar-refractivity contribution is -0.0400. The molecule has 3 heteroatoms. The van der Waals surface area contributed by atoms with Crippen molar-refractivity contribution < 1.29 is 4.57 Å². The van der Waals surface area contributed by atoms with Gasteiger partial charge in [-0.15, -0.1) is 0 Å². The summed E-state index contributed by atoms with van der Waals surface area (Å²) < 4.78 is 15.1. The summed E-state index contributed by atoms with van der Waals surface area (Å²) in [4.78, 5) is 5.03. The molecule has 10 rings (SSSR count). The Bertz CT molecular complexity index is 1810. The Balaban J connectivity index is 1.19. The van der Waals surface area contributed by atoms with Crippen LogP contribution >= 0.6 is 7.14 Å². The van der Waals surface area contributed by atoms with Gasteiger partial charge in [0.2, 0.25) is 0 Å². The van der Waals surface area contributed by atoms with Crippen LogP contribution in [0.2, 0.25) is 0 Å². The summed E-state index contributed by atoms with van der Waals surface area (Å²) in [6, 6.07) is 40.1. The summed E-state index contributed by atoms with van der Waals surface area (Å²) in [5.41, 5.74) is 7.91. The molecule has 5 aromatic rings. The third-order valence-corrected chi connectivity index (χ3v) is 14.2. The molecule has 0 aliphatic heterocycles. The summed E-state index contributed by atoms with van der Waals surface area (Å²) >= 11 is 0.